The fourth-order valence-electron chi connectivity index (χ4n) is 1.38. The molecule has 1 aromatic rings. The van der Waals surface area contributed by atoms with E-state index >= 15 is 0 Å². The predicted octanol–water partition coefficient (Wildman–Crippen LogP) is 2.27. The number of nitrogens with one attached hydrogen (secondary N) is 1. The molecular formula is C12H10F3NO3. The maximum absolute atomic E-state index is 12.7. The number of hydrogen-bond donors (Lipinski definition) is 2. The van der Waals surface area contributed by atoms with E-state index in [1.54, 1.807) is 0 Å². The first-order valence-corrected chi connectivity index (χ1v) is 5.10. The van der Waals surface area contributed by atoms with Gasteiger partial charge >= 0.3 is 12.1 Å². The third-order valence-corrected chi connectivity index (χ3v) is 2.11. The van der Waals surface area contributed by atoms with Crippen LogP contribution in [0, 0.1) is 0 Å². The molecule has 4 nitrogen and oxygen atoms in total. The van der Waals surface area contributed by atoms with Gasteiger partial charge in [0, 0.05) is 6.92 Å². The largest absolute Gasteiger partial charge is 0.477 e. The molecule has 0 radical (unpaired) electrons. The number of amides is 1. The van der Waals surface area contributed by atoms with Gasteiger partial charge in [-0.15, -0.1) is 0 Å². The summed E-state index contributed by atoms with van der Waals surface area (Å²) in [7, 11) is 0. The van der Waals surface area contributed by atoms with Crippen LogP contribution in [0.1, 0.15) is 18.1 Å². The normalized spacial score (nSPS) is 12.1. The first kappa shape index (κ1) is 14.7. The Kier molecular flexibility index (Phi) is 4.31. The Morgan fingerprint density at radius 2 is 1.84 bits per heavy atom. The van der Waals surface area contributed by atoms with Gasteiger partial charge in [0.2, 0.25) is 5.91 Å². The lowest BCUT2D eigenvalue weighted by Gasteiger charge is -2.11. The van der Waals surface area contributed by atoms with E-state index in [4.69, 9.17) is 5.11 Å². The zero-order chi connectivity index (χ0) is 14.6. The first-order chi connectivity index (χ1) is 8.71. The van der Waals surface area contributed by atoms with Crippen molar-refractivity contribution in [2.24, 2.45) is 0 Å². The molecule has 0 spiro atoms. The minimum Gasteiger partial charge on any atom is -0.477 e. The van der Waals surface area contributed by atoms with Crippen molar-refractivity contribution < 1.29 is 27.9 Å². The second-order valence-electron chi connectivity index (χ2n) is 3.63. The topological polar surface area (TPSA) is 66.4 Å². The van der Waals surface area contributed by atoms with Crippen molar-refractivity contribution in [3.8, 4) is 0 Å². The van der Waals surface area contributed by atoms with Crippen LogP contribution in [0.15, 0.2) is 30.0 Å². The van der Waals surface area contributed by atoms with Crippen molar-refractivity contribution in [2.75, 3.05) is 0 Å². The summed E-state index contributed by atoms with van der Waals surface area (Å²) < 4.78 is 38.1. The minimum absolute atomic E-state index is 0.332. The number of halogens is 3. The SMILES string of the molecule is CC(=O)N/C(=C/c1ccccc1C(F)(F)F)C(=O)O. The molecule has 2 N–H and O–H groups in total. The number of carboxylic acid groups (broad SMARTS) is 1. The van der Waals surface area contributed by atoms with Crippen LogP contribution < -0.4 is 5.32 Å². The van der Waals surface area contributed by atoms with Crippen LogP contribution in [0.25, 0.3) is 6.08 Å². The van der Waals surface area contributed by atoms with E-state index in [-0.39, 0.29) is 5.56 Å². The predicted molar refractivity (Wildman–Crippen MR) is 60.9 cm³/mol. The molecule has 0 heterocycles. The average Bonchev–Trinajstić information content (AvgIpc) is 2.26. The van der Waals surface area contributed by atoms with E-state index in [0.29, 0.717) is 0 Å². The molecule has 1 rings (SSSR count). The molecule has 1 aromatic carbocycles. The molecule has 19 heavy (non-hydrogen) atoms. The fourth-order valence-corrected chi connectivity index (χ4v) is 1.38. The minimum atomic E-state index is -4.60. The van der Waals surface area contributed by atoms with Crippen LogP contribution in [-0.4, -0.2) is 17.0 Å². The summed E-state index contributed by atoms with van der Waals surface area (Å²) in [6.07, 6.45) is -3.83. The van der Waals surface area contributed by atoms with Gasteiger partial charge in [-0.05, 0) is 17.7 Å². The molecule has 0 saturated heterocycles. The molecule has 0 bridgehead atoms. The average molecular weight is 273 g/mol. The van der Waals surface area contributed by atoms with Crippen molar-refractivity contribution >= 4 is 18.0 Å². The number of carbonyl (C=O) groups excluding carboxylic acids is 1. The second-order valence-corrected chi connectivity index (χ2v) is 3.63. The van der Waals surface area contributed by atoms with Crippen LogP contribution in [0.4, 0.5) is 13.2 Å². The summed E-state index contributed by atoms with van der Waals surface area (Å²) >= 11 is 0. The molecule has 7 heteroatoms. The van der Waals surface area contributed by atoms with E-state index in [9.17, 15) is 22.8 Å². The summed E-state index contributed by atoms with van der Waals surface area (Å²) in [6.45, 7) is 1.06. The van der Waals surface area contributed by atoms with E-state index in [1.807, 2.05) is 5.32 Å². The van der Waals surface area contributed by atoms with Gasteiger partial charge in [0.25, 0.3) is 0 Å². The Morgan fingerprint density at radius 1 is 1.26 bits per heavy atom. The summed E-state index contributed by atoms with van der Waals surface area (Å²) in [4.78, 5) is 21.6. The monoisotopic (exact) mass is 273 g/mol. The zero-order valence-electron chi connectivity index (χ0n) is 9.78. The number of carboxylic acids is 1. The summed E-state index contributed by atoms with van der Waals surface area (Å²) in [6, 6.07) is 4.49. The van der Waals surface area contributed by atoms with Gasteiger partial charge in [-0.1, -0.05) is 18.2 Å². The quantitative estimate of drug-likeness (QED) is 0.830. The molecule has 0 unspecified atom stereocenters. The van der Waals surface area contributed by atoms with Gasteiger partial charge in [0.15, 0.2) is 0 Å². The number of rotatable bonds is 3. The van der Waals surface area contributed by atoms with Crippen molar-refractivity contribution in [2.45, 2.75) is 13.1 Å². The van der Waals surface area contributed by atoms with Crippen molar-refractivity contribution in [3.63, 3.8) is 0 Å². The van der Waals surface area contributed by atoms with E-state index < -0.39 is 29.3 Å². The van der Waals surface area contributed by atoms with Gasteiger partial charge in [0.1, 0.15) is 5.70 Å². The highest BCUT2D eigenvalue weighted by Gasteiger charge is 2.32. The van der Waals surface area contributed by atoms with Crippen molar-refractivity contribution in [3.05, 3.63) is 41.1 Å². The van der Waals surface area contributed by atoms with Crippen LogP contribution in [0.2, 0.25) is 0 Å². The number of benzene rings is 1. The van der Waals surface area contributed by atoms with Gasteiger partial charge in [-0.2, -0.15) is 13.2 Å². The number of carbonyl (C=O) groups is 2. The Labute approximate surface area is 106 Å². The smallest absolute Gasteiger partial charge is 0.416 e. The number of alkyl halides is 3. The highest BCUT2D eigenvalue weighted by atomic mass is 19.4. The maximum atomic E-state index is 12.7. The molecular weight excluding hydrogens is 263 g/mol. The van der Waals surface area contributed by atoms with E-state index in [1.165, 1.54) is 12.1 Å². The van der Waals surface area contributed by atoms with Crippen LogP contribution in [-0.2, 0) is 15.8 Å². The van der Waals surface area contributed by atoms with Gasteiger partial charge < -0.3 is 10.4 Å². The maximum Gasteiger partial charge on any atom is 0.416 e. The number of hydrogen-bond acceptors (Lipinski definition) is 2. The lowest BCUT2D eigenvalue weighted by atomic mass is 10.1. The molecule has 0 aliphatic heterocycles. The molecule has 0 aliphatic rings. The molecule has 102 valence electrons. The Hall–Kier alpha value is -2.31. The Morgan fingerprint density at radius 3 is 2.32 bits per heavy atom. The van der Waals surface area contributed by atoms with Gasteiger partial charge in [-0.25, -0.2) is 4.79 Å². The first-order valence-electron chi connectivity index (χ1n) is 5.10. The van der Waals surface area contributed by atoms with E-state index in [0.717, 1.165) is 25.1 Å². The molecule has 0 aromatic heterocycles. The Bertz CT molecular complexity index is 535. The number of aliphatic carboxylic acids is 1. The molecule has 0 atom stereocenters. The van der Waals surface area contributed by atoms with Gasteiger partial charge in [-0.3, -0.25) is 4.79 Å². The lowest BCUT2D eigenvalue weighted by molar-refractivity contribution is -0.138. The summed E-state index contributed by atoms with van der Waals surface area (Å²) in [5, 5.41) is 10.8. The zero-order valence-corrected chi connectivity index (χ0v) is 9.78. The highest BCUT2D eigenvalue weighted by molar-refractivity contribution is 5.96. The van der Waals surface area contributed by atoms with Crippen molar-refractivity contribution in [1.82, 2.24) is 5.32 Å². The Balaban J connectivity index is 3.29. The molecule has 0 saturated carbocycles. The molecule has 0 fully saturated rings. The standard InChI is InChI=1S/C12H10F3NO3/c1-7(17)16-10(11(18)19)6-8-4-2-3-5-9(8)12(13,14)15/h2-6H,1H3,(H,16,17)(H,18,19)/b10-6+. The van der Waals surface area contributed by atoms with Crippen LogP contribution >= 0.6 is 0 Å². The molecule has 1 amide bonds. The summed E-state index contributed by atoms with van der Waals surface area (Å²) in [5.41, 5.74) is -1.93. The highest BCUT2D eigenvalue weighted by Crippen LogP contribution is 2.32. The van der Waals surface area contributed by atoms with E-state index in [2.05, 4.69) is 0 Å². The second kappa shape index (κ2) is 5.55. The third kappa shape index (κ3) is 4.13. The lowest BCUT2D eigenvalue weighted by Crippen LogP contribution is -2.24. The fraction of sp³-hybridized carbons (Fsp3) is 0.167. The van der Waals surface area contributed by atoms with Crippen LogP contribution in [0.3, 0.4) is 0 Å². The summed E-state index contributed by atoms with van der Waals surface area (Å²) in [5.74, 6) is -2.20. The molecule has 0 aliphatic carbocycles. The third-order valence-electron chi connectivity index (χ3n) is 2.11. The van der Waals surface area contributed by atoms with Crippen molar-refractivity contribution in [1.29, 1.82) is 0 Å². The van der Waals surface area contributed by atoms with Crippen LogP contribution in [0.5, 0.6) is 0 Å². The van der Waals surface area contributed by atoms with Gasteiger partial charge in [0.05, 0.1) is 5.56 Å².